The molecule has 1 heterocycles. The predicted molar refractivity (Wildman–Crippen MR) is 84.2 cm³/mol. The molecule has 1 aromatic rings. The average Bonchev–Trinajstić information content (AvgIpc) is 2.94. The molecule has 4 nitrogen and oxygen atoms in total. The Morgan fingerprint density at radius 2 is 1.88 bits per heavy atom. The van der Waals surface area contributed by atoms with Crippen LogP contribution in [0.5, 0.6) is 5.75 Å². The van der Waals surface area contributed by atoms with Crippen LogP contribution in [-0.2, 0) is 21.1 Å². The minimum Gasteiger partial charge on any atom is -0.493 e. The Morgan fingerprint density at radius 3 is 2.38 bits per heavy atom. The van der Waals surface area contributed by atoms with Gasteiger partial charge in [-0.2, -0.15) is 13.2 Å². The van der Waals surface area contributed by atoms with Crippen LogP contribution in [-0.4, -0.2) is 33.2 Å². The first-order chi connectivity index (χ1) is 11.0. The quantitative estimate of drug-likeness (QED) is 0.816. The Hall–Kier alpha value is -1.57. The molecule has 0 spiro atoms. The summed E-state index contributed by atoms with van der Waals surface area (Å²) in [7, 11) is -3.50. The summed E-state index contributed by atoms with van der Waals surface area (Å²) in [5, 5.41) is 0. The molecule has 136 valence electrons. The zero-order valence-electron chi connectivity index (χ0n) is 14.0. The van der Waals surface area contributed by atoms with E-state index >= 15 is 0 Å². The molecule has 1 aliphatic heterocycles. The van der Waals surface area contributed by atoms with Gasteiger partial charge in [0.2, 0.25) is 5.78 Å². The Bertz CT molecular complexity index is 709. The molecule has 0 amide bonds. The molecule has 0 aromatic heterocycles. The van der Waals surface area contributed by atoms with Gasteiger partial charge >= 0.3 is 6.18 Å². The van der Waals surface area contributed by atoms with Gasteiger partial charge in [-0.15, -0.1) is 0 Å². The number of fused-ring (bicyclic) bond motifs is 1. The predicted octanol–water partition coefficient (Wildman–Crippen LogP) is 3.68. The zero-order valence-corrected chi connectivity index (χ0v) is 14.8. The number of rotatable bonds is 4. The Balaban J connectivity index is 0.00000139. The van der Waals surface area contributed by atoms with E-state index in [0.717, 1.165) is 6.26 Å². The van der Waals surface area contributed by atoms with Crippen LogP contribution < -0.4 is 4.74 Å². The van der Waals surface area contributed by atoms with Crippen LogP contribution in [0, 0.1) is 0 Å². The van der Waals surface area contributed by atoms with E-state index in [9.17, 15) is 26.4 Å². The van der Waals surface area contributed by atoms with Crippen molar-refractivity contribution >= 4 is 15.6 Å². The fraction of sp³-hybridized carbons (Fsp3) is 0.562. The highest BCUT2D eigenvalue weighted by Crippen LogP contribution is 2.38. The first-order valence-corrected chi connectivity index (χ1v) is 9.49. The highest BCUT2D eigenvalue weighted by molar-refractivity contribution is 7.90. The van der Waals surface area contributed by atoms with E-state index in [-0.39, 0.29) is 4.90 Å². The van der Waals surface area contributed by atoms with Crippen molar-refractivity contribution in [3.8, 4) is 5.75 Å². The number of benzene rings is 1. The summed E-state index contributed by atoms with van der Waals surface area (Å²) in [6.07, 6.45) is -4.12. The topological polar surface area (TPSA) is 60.4 Å². The highest BCUT2D eigenvalue weighted by atomic mass is 32.2. The molecule has 2 rings (SSSR count). The van der Waals surface area contributed by atoms with Gasteiger partial charge in [0.25, 0.3) is 0 Å². The molecule has 24 heavy (non-hydrogen) atoms. The van der Waals surface area contributed by atoms with Crippen LogP contribution in [0.3, 0.4) is 0 Å². The Labute approximate surface area is 139 Å². The second-order valence-electron chi connectivity index (χ2n) is 5.40. The van der Waals surface area contributed by atoms with Gasteiger partial charge in [-0.05, 0) is 29.2 Å². The molecule has 0 N–H and O–H groups in total. The van der Waals surface area contributed by atoms with Gasteiger partial charge in [0.05, 0.1) is 11.5 Å². The summed E-state index contributed by atoms with van der Waals surface area (Å²) in [5.74, 6) is -2.23. The Kier molecular flexibility index (Phi) is 6.44. The van der Waals surface area contributed by atoms with E-state index in [2.05, 4.69) is 0 Å². The lowest BCUT2D eigenvalue weighted by Gasteiger charge is -2.17. The SMILES string of the molecule is CC.CC(CC(=O)C(F)(F)F)c1cc(S(C)(=O)=O)cc2c1OCC2. The third-order valence-corrected chi connectivity index (χ3v) is 4.64. The molecular weight excluding hydrogens is 345 g/mol. The van der Waals surface area contributed by atoms with Crippen LogP contribution in [0.1, 0.15) is 44.2 Å². The number of sulfone groups is 1. The number of halogens is 3. The van der Waals surface area contributed by atoms with E-state index in [1.807, 2.05) is 13.8 Å². The number of ether oxygens (including phenoxy) is 1. The van der Waals surface area contributed by atoms with Crippen molar-refractivity contribution in [2.75, 3.05) is 12.9 Å². The van der Waals surface area contributed by atoms with Crippen molar-refractivity contribution in [1.29, 1.82) is 0 Å². The van der Waals surface area contributed by atoms with Gasteiger partial charge in [0, 0.05) is 19.1 Å². The lowest BCUT2D eigenvalue weighted by atomic mass is 9.93. The maximum absolute atomic E-state index is 12.4. The first-order valence-electron chi connectivity index (χ1n) is 7.60. The summed E-state index contributed by atoms with van der Waals surface area (Å²) >= 11 is 0. The molecule has 0 bridgehead atoms. The van der Waals surface area contributed by atoms with Crippen LogP contribution in [0.4, 0.5) is 13.2 Å². The molecule has 1 atom stereocenters. The number of hydrogen-bond donors (Lipinski definition) is 0. The van der Waals surface area contributed by atoms with Crippen molar-refractivity contribution in [2.24, 2.45) is 0 Å². The molecule has 0 aliphatic carbocycles. The molecule has 1 aromatic carbocycles. The number of carbonyl (C=O) groups is 1. The summed E-state index contributed by atoms with van der Waals surface area (Å²) in [5.41, 5.74) is 0.970. The molecular formula is C16H21F3O4S. The second kappa shape index (κ2) is 7.55. The van der Waals surface area contributed by atoms with E-state index in [1.54, 1.807) is 0 Å². The van der Waals surface area contributed by atoms with Crippen LogP contribution >= 0.6 is 0 Å². The summed E-state index contributed by atoms with van der Waals surface area (Å²) in [6, 6.07) is 2.77. The minimum atomic E-state index is -4.90. The molecule has 8 heteroatoms. The molecule has 0 saturated carbocycles. The van der Waals surface area contributed by atoms with E-state index in [1.165, 1.54) is 19.1 Å². The van der Waals surface area contributed by atoms with Crippen molar-refractivity contribution in [3.05, 3.63) is 23.3 Å². The van der Waals surface area contributed by atoms with Crippen LogP contribution in [0.2, 0.25) is 0 Å². The lowest BCUT2D eigenvalue weighted by Crippen LogP contribution is -2.24. The maximum Gasteiger partial charge on any atom is 0.449 e. The van der Waals surface area contributed by atoms with Gasteiger partial charge in [0.15, 0.2) is 9.84 Å². The number of alkyl halides is 3. The zero-order chi connectivity index (χ0) is 18.7. The van der Waals surface area contributed by atoms with Crippen molar-refractivity contribution < 1.29 is 31.1 Å². The lowest BCUT2D eigenvalue weighted by molar-refractivity contribution is -0.171. The summed E-state index contributed by atoms with van der Waals surface area (Å²) in [6.45, 7) is 5.79. The first kappa shape index (κ1) is 20.5. The number of carbonyl (C=O) groups excluding carboxylic acids is 1. The average molecular weight is 366 g/mol. The largest absolute Gasteiger partial charge is 0.493 e. The molecule has 0 radical (unpaired) electrons. The minimum absolute atomic E-state index is 0.0260. The fourth-order valence-corrected chi connectivity index (χ4v) is 3.09. The van der Waals surface area contributed by atoms with Crippen molar-refractivity contribution in [3.63, 3.8) is 0 Å². The highest BCUT2D eigenvalue weighted by Gasteiger charge is 2.39. The van der Waals surface area contributed by atoms with Crippen LogP contribution in [0.25, 0.3) is 0 Å². The second-order valence-corrected chi connectivity index (χ2v) is 7.41. The van der Waals surface area contributed by atoms with Gasteiger partial charge in [-0.1, -0.05) is 20.8 Å². The van der Waals surface area contributed by atoms with Gasteiger partial charge < -0.3 is 4.74 Å². The third kappa shape index (κ3) is 4.72. The summed E-state index contributed by atoms with van der Waals surface area (Å²) in [4.78, 5) is 11.2. The molecule has 1 aliphatic rings. The van der Waals surface area contributed by atoms with Crippen molar-refractivity contribution in [2.45, 2.75) is 50.6 Å². The Morgan fingerprint density at radius 1 is 1.29 bits per heavy atom. The van der Waals surface area contributed by atoms with Gasteiger partial charge in [0.1, 0.15) is 5.75 Å². The number of ketones is 1. The molecule has 0 saturated heterocycles. The normalized spacial score (nSPS) is 15.0. The number of hydrogen-bond acceptors (Lipinski definition) is 4. The fourth-order valence-electron chi connectivity index (χ4n) is 2.39. The third-order valence-electron chi connectivity index (χ3n) is 3.55. The monoisotopic (exact) mass is 366 g/mol. The standard InChI is InChI=1S/C14H15F3O4S.C2H6/c1-8(5-12(18)14(15,16)17)11-7-10(22(2,19)20)6-9-3-4-21-13(9)11;1-2/h6-8H,3-5H2,1-2H3;1-2H3. The smallest absolute Gasteiger partial charge is 0.449 e. The van der Waals surface area contributed by atoms with Gasteiger partial charge in [-0.25, -0.2) is 8.42 Å². The molecule has 1 unspecified atom stereocenters. The number of Topliss-reactive ketones (excluding diaryl/α,β-unsaturated/α-hetero) is 1. The van der Waals surface area contributed by atoms with E-state index < -0.39 is 34.1 Å². The van der Waals surface area contributed by atoms with E-state index in [0.29, 0.717) is 29.9 Å². The molecule has 0 fully saturated rings. The van der Waals surface area contributed by atoms with Crippen molar-refractivity contribution in [1.82, 2.24) is 0 Å². The maximum atomic E-state index is 12.4. The van der Waals surface area contributed by atoms with Gasteiger partial charge in [-0.3, -0.25) is 4.79 Å². The van der Waals surface area contributed by atoms with Crippen LogP contribution in [0.15, 0.2) is 17.0 Å². The van der Waals surface area contributed by atoms with E-state index in [4.69, 9.17) is 4.74 Å². The summed E-state index contributed by atoms with van der Waals surface area (Å²) < 4.78 is 66.0.